The molecule has 5 nitrogen and oxygen atoms in total. The zero-order chi connectivity index (χ0) is 16.8. The predicted octanol–water partition coefficient (Wildman–Crippen LogP) is 2.09. The summed E-state index contributed by atoms with van der Waals surface area (Å²) in [6.07, 6.45) is 0. The Hall–Kier alpha value is -2.99. The molecule has 0 bridgehead atoms. The van der Waals surface area contributed by atoms with Gasteiger partial charge in [-0.1, -0.05) is 36.4 Å². The van der Waals surface area contributed by atoms with Gasteiger partial charge in [-0.3, -0.25) is 9.59 Å². The van der Waals surface area contributed by atoms with Gasteiger partial charge in [-0.05, 0) is 29.9 Å². The number of rotatable bonds is 1. The van der Waals surface area contributed by atoms with Crippen molar-refractivity contribution in [2.24, 2.45) is 0 Å². The Labute approximate surface area is 143 Å². The second-order valence-electron chi connectivity index (χ2n) is 5.62. The highest BCUT2D eigenvalue weighted by molar-refractivity contribution is 7.80. The molecule has 4 rings (SSSR count). The molecule has 0 saturated heterocycles. The maximum absolute atomic E-state index is 12.7. The van der Waals surface area contributed by atoms with Gasteiger partial charge in [0.05, 0.1) is 17.3 Å². The van der Waals surface area contributed by atoms with Crippen LogP contribution in [0.25, 0.3) is 5.70 Å². The van der Waals surface area contributed by atoms with E-state index in [0.717, 1.165) is 0 Å². The minimum Gasteiger partial charge on any atom is -0.508 e. The summed E-state index contributed by atoms with van der Waals surface area (Å²) in [6.45, 7) is 0. The number of nitrogens with one attached hydrogen (secondary N) is 2. The molecule has 1 heterocycles. The lowest BCUT2D eigenvalue weighted by Crippen LogP contribution is -2.47. The fraction of sp³-hybridized carbons (Fsp3) is 0.0556. The van der Waals surface area contributed by atoms with Gasteiger partial charge in [0.15, 0.2) is 5.11 Å². The number of phenolic OH excluding ortho intramolecular Hbond substituents is 1. The second-order valence-corrected chi connectivity index (χ2v) is 6.03. The van der Waals surface area contributed by atoms with Gasteiger partial charge < -0.3 is 15.7 Å². The SMILES string of the molecule is O=C1C(=O)c2ccccc2C2=C1C(c1cccc(O)c1)NC(=S)N2. The van der Waals surface area contributed by atoms with Gasteiger partial charge in [0.25, 0.3) is 0 Å². The highest BCUT2D eigenvalue weighted by atomic mass is 32.1. The number of phenols is 1. The molecule has 118 valence electrons. The summed E-state index contributed by atoms with van der Waals surface area (Å²) in [5.74, 6) is -1.03. The van der Waals surface area contributed by atoms with Crippen molar-refractivity contribution >= 4 is 34.6 Å². The molecule has 24 heavy (non-hydrogen) atoms. The van der Waals surface area contributed by atoms with Crippen molar-refractivity contribution in [2.45, 2.75) is 6.04 Å². The Morgan fingerprint density at radius 1 is 0.958 bits per heavy atom. The second kappa shape index (κ2) is 5.28. The first-order valence-corrected chi connectivity index (χ1v) is 7.76. The summed E-state index contributed by atoms with van der Waals surface area (Å²) in [4.78, 5) is 25.2. The lowest BCUT2D eigenvalue weighted by molar-refractivity contribution is -0.112. The van der Waals surface area contributed by atoms with E-state index in [1.54, 1.807) is 42.5 Å². The van der Waals surface area contributed by atoms with E-state index in [-0.39, 0.29) is 5.75 Å². The van der Waals surface area contributed by atoms with Crippen molar-refractivity contribution in [1.29, 1.82) is 0 Å². The fourth-order valence-electron chi connectivity index (χ4n) is 3.12. The van der Waals surface area contributed by atoms with E-state index in [1.807, 2.05) is 6.07 Å². The Bertz CT molecular complexity index is 949. The van der Waals surface area contributed by atoms with Crippen LogP contribution in [0, 0.1) is 0 Å². The molecule has 1 unspecified atom stereocenters. The molecule has 0 spiro atoms. The summed E-state index contributed by atoms with van der Waals surface area (Å²) in [5.41, 5.74) is 2.55. The van der Waals surface area contributed by atoms with Crippen molar-refractivity contribution in [1.82, 2.24) is 10.6 Å². The molecule has 0 amide bonds. The van der Waals surface area contributed by atoms with Crippen LogP contribution in [0.2, 0.25) is 0 Å². The molecular formula is C18H12N2O3S. The van der Waals surface area contributed by atoms with Crippen molar-refractivity contribution in [3.8, 4) is 5.75 Å². The summed E-state index contributed by atoms with van der Waals surface area (Å²) in [7, 11) is 0. The number of hydrogen-bond donors (Lipinski definition) is 3. The standard InChI is InChI=1S/C18H12N2O3S/c21-10-5-3-4-9(8-10)14-13-15(20-18(24)19-14)11-6-1-2-7-12(11)16(22)17(13)23/h1-8,14,21H,(H2,19,20,24). The summed E-state index contributed by atoms with van der Waals surface area (Å²) in [6, 6.07) is 12.9. The summed E-state index contributed by atoms with van der Waals surface area (Å²) >= 11 is 5.27. The van der Waals surface area contributed by atoms with E-state index >= 15 is 0 Å². The third-order valence-corrected chi connectivity index (χ3v) is 4.39. The third-order valence-electron chi connectivity index (χ3n) is 4.17. The minimum atomic E-state index is -0.592. The van der Waals surface area contributed by atoms with Crippen molar-refractivity contribution in [3.05, 3.63) is 70.8 Å². The van der Waals surface area contributed by atoms with Gasteiger partial charge in [-0.15, -0.1) is 0 Å². The van der Waals surface area contributed by atoms with E-state index in [2.05, 4.69) is 10.6 Å². The number of carbonyl (C=O) groups is 2. The number of ketones is 2. The predicted molar refractivity (Wildman–Crippen MR) is 92.4 cm³/mol. The van der Waals surface area contributed by atoms with Crippen LogP contribution in [0.1, 0.15) is 27.5 Å². The maximum Gasteiger partial charge on any atom is 0.234 e. The lowest BCUT2D eigenvalue weighted by Gasteiger charge is -2.34. The molecule has 0 saturated carbocycles. The van der Waals surface area contributed by atoms with Crippen LogP contribution in [0.3, 0.4) is 0 Å². The van der Waals surface area contributed by atoms with Crippen molar-refractivity contribution < 1.29 is 14.7 Å². The molecule has 1 aliphatic carbocycles. The minimum absolute atomic E-state index is 0.0795. The fourth-order valence-corrected chi connectivity index (χ4v) is 3.34. The smallest absolute Gasteiger partial charge is 0.234 e. The van der Waals surface area contributed by atoms with E-state index in [0.29, 0.717) is 33.1 Å². The molecule has 1 atom stereocenters. The summed E-state index contributed by atoms with van der Waals surface area (Å²) < 4.78 is 0. The maximum atomic E-state index is 12.7. The average molecular weight is 336 g/mol. The van der Waals surface area contributed by atoms with Gasteiger partial charge in [0, 0.05) is 11.1 Å². The van der Waals surface area contributed by atoms with Gasteiger partial charge in [0.1, 0.15) is 5.75 Å². The van der Waals surface area contributed by atoms with Crippen molar-refractivity contribution in [2.75, 3.05) is 0 Å². The van der Waals surface area contributed by atoms with Crippen LogP contribution >= 0.6 is 12.2 Å². The number of Topliss-reactive ketones (excluding diaryl/α,β-unsaturated/α-hetero) is 2. The van der Waals surface area contributed by atoms with Gasteiger partial charge in [-0.25, -0.2) is 0 Å². The number of fused-ring (bicyclic) bond motifs is 2. The van der Waals surface area contributed by atoms with Crippen LogP contribution in [-0.4, -0.2) is 21.8 Å². The molecule has 2 aliphatic rings. The van der Waals surface area contributed by atoms with E-state index in [9.17, 15) is 14.7 Å². The van der Waals surface area contributed by atoms with Crippen LogP contribution < -0.4 is 10.6 Å². The van der Waals surface area contributed by atoms with Crippen LogP contribution in [-0.2, 0) is 4.79 Å². The average Bonchev–Trinajstić information content (AvgIpc) is 2.59. The molecule has 2 aromatic rings. The van der Waals surface area contributed by atoms with E-state index < -0.39 is 17.6 Å². The zero-order valence-corrected chi connectivity index (χ0v) is 13.2. The molecule has 0 fully saturated rings. The number of hydrogen-bond acceptors (Lipinski definition) is 4. The molecule has 2 aromatic carbocycles. The van der Waals surface area contributed by atoms with Gasteiger partial charge in [-0.2, -0.15) is 0 Å². The van der Waals surface area contributed by atoms with Crippen molar-refractivity contribution in [3.63, 3.8) is 0 Å². The highest BCUT2D eigenvalue weighted by Crippen LogP contribution is 2.37. The number of benzene rings is 2. The first kappa shape index (κ1) is 14.6. The number of thiocarbonyl (C=S) groups is 1. The first-order valence-electron chi connectivity index (χ1n) is 7.35. The first-order chi connectivity index (χ1) is 11.6. The summed E-state index contributed by atoms with van der Waals surface area (Å²) in [5, 5.41) is 16.1. The van der Waals surface area contributed by atoms with Crippen LogP contribution in [0.15, 0.2) is 54.1 Å². The molecule has 0 radical (unpaired) electrons. The third kappa shape index (κ3) is 2.11. The Morgan fingerprint density at radius 3 is 2.46 bits per heavy atom. The molecule has 6 heteroatoms. The topological polar surface area (TPSA) is 78.4 Å². The quantitative estimate of drug-likeness (QED) is 0.547. The molecule has 1 aliphatic heterocycles. The van der Waals surface area contributed by atoms with Gasteiger partial charge >= 0.3 is 0 Å². The Morgan fingerprint density at radius 2 is 1.71 bits per heavy atom. The van der Waals surface area contributed by atoms with Crippen LogP contribution in [0.5, 0.6) is 5.75 Å². The number of carbonyl (C=O) groups excluding carboxylic acids is 2. The van der Waals surface area contributed by atoms with Crippen LogP contribution in [0.4, 0.5) is 0 Å². The Kier molecular flexibility index (Phi) is 3.21. The highest BCUT2D eigenvalue weighted by Gasteiger charge is 2.40. The normalized spacial score (nSPS) is 19.3. The zero-order valence-electron chi connectivity index (χ0n) is 12.4. The van der Waals surface area contributed by atoms with E-state index in [4.69, 9.17) is 12.2 Å². The molecular weight excluding hydrogens is 324 g/mol. The monoisotopic (exact) mass is 336 g/mol. The Balaban J connectivity index is 1.97. The molecule has 3 N–H and O–H groups in total. The largest absolute Gasteiger partial charge is 0.508 e. The van der Waals surface area contributed by atoms with E-state index in [1.165, 1.54) is 0 Å². The van der Waals surface area contributed by atoms with Gasteiger partial charge in [0.2, 0.25) is 11.6 Å². The number of aromatic hydroxyl groups is 1. The lowest BCUT2D eigenvalue weighted by atomic mass is 9.81. The molecule has 0 aromatic heterocycles.